The Labute approximate surface area is 63.4 Å². The molecule has 0 bridgehead atoms. The highest BCUT2D eigenvalue weighted by atomic mass is 15.0. The van der Waals surface area contributed by atoms with E-state index >= 15 is 0 Å². The van der Waals surface area contributed by atoms with Gasteiger partial charge in [-0.3, -0.25) is 0 Å². The summed E-state index contributed by atoms with van der Waals surface area (Å²) < 4.78 is 2.13. The number of unbranched alkanes of at least 4 members (excludes halogenated alkanes) is 1. The summed E-state index contributed by atoms with van der Waals surface area (Å²) in [5.41, 5.74) is 0. The van der Waals surface area contributed by atoms with Gasteiger partial charge in [-0.1, -0.05) is 13.3 Å². The van der Waals surface area contributed by atoms with Crippen molar-refractivity contribution in [2.24, 2.45) is 7.05 Å². The summed E-state index contributed by atoms with van der Waals surface area (Å²) in [6, 6.07) is 0. The molecule has 0 spiro atoms. The van der Waals surface area contributed by atoms with E-state index in [0.717, 1.165) is 0 Å². The molecule has 0 fully saturated rings. The maximum absolute atomic E-state index is 3.20. The molecular formula is C8H16N2+2. The van der Waals surface area contributed by atoms with Crippen LogP contribution in [0.15, 0.2) is 12.4 Å². The van der Waals surface area contributed by atoms with Gasteiger partial charge in [0.1, 0.15) is 12.4 Å². The van der Waals surface area contributed by atoms with Gasteiger partial charge in [0.25, 0.3) is 5.82 Å². The highest BCUT2D eigenvalue weighted by Crippen LogP contribution is 1.94. The average Bonchev–Trinajstić information content (AvgIpc) is 2.31. The molecule has 1 aromatic heterocycles. The monoisotopic (exact) mass is 140 g/mol. The second-order valence-corrected chi connectivity index (χ2v) is 2.62. The van der Waals surface area contributed by atoms with E-state index in [0.29, 0.717) is 0 Å². The van der Waals surface area contributed by atoms with Crippen LogP contribution >= 0.6 is 0 Å². The molecule has 1 aromatic rings. The number of rotatable bonds is 3. The van der Waals surface area contributed by atoms with Gasteiger partial charge in [0.05, 0.1) is 7.05 Å². The molecule has 1 heterocycles. The van der Waals surface area contributed by atoms with Crippen molar-refractivity contribution in [3.05, 3.63) is 18.2 Å². The predicted octanol–water partition coefficient (Wildman–Crippen LogP) is 1.29. The Balaban J connectivity index is 0.000001000. The van der Waals surface area contributed by atoms with Crippen molar-refractivity contribution in [2.45, 2.75) is 26.2 Å². The molecule has 2 heteroatoms. The molecule has 0 aliphatic heterocycles. The van der Waals surface area contributed by atoms with Gasteiger partial charge in [0, 0.05) is 6.42 Å². The number of nitrogens with zero attached hydrogens (tertiary/aromatic N) is 1. The van der Waals surface area contributed by atoms with Crippen LogP contribution in [-0.4, -0.2) is 4.98 Å². The van der Waals surface area contributed by atoms with Crippen LogP contribution in [0.5, 0.6) is 0 Å². The number of H-pyrrole nitrogens is 1. The normalized spacial score (nSPS) is 10.2. The van der Waals surface area contributed by atoms with Crippen molar-refractivity contribution >= 4 is 0 Å². The van der Waals surface area contributed by atoms with Gasteiger partial charge >= 0.3 is 1.43 Å². The third-order valence-electron chi connectivity index (χ3n) is 1.74. The van der Waals surface area contributed by atoms with Gasteiger partial charge < -0.3 is 0 Å². The summed E-state index contributed by atoms with van der Waals surface area (Å²) in [5, 5.41) is 0. The Morgan fingerprint density at radius 3 is 3.00 bits per heavy atom. The summed E-state index contributed by atoms with van der Waals surface area (Å²) in [5.74, 6) is 1.32. The van der Waals surface area contributed by atoms with Crippen LogP contribution in [0.25, 0.3) is 0 Å². The Morgan fingerprint density at radius 2 is 2.50 bits per heavy atom. The fraction of sp³-hybridized carbons (Fsp3) is 0.625. The number of aromatic nitrogens is 2. The van der Waals surface area contributed by atoms with E-state index in [1.807, 2.05) is 12.4 Å². The predicted molar refractivity (Wildman–Crippen MR) is 41.7 cm³/mol. The number of hydrogen-bond donors (Lipinski definition) is 1. The van der Waals surface area contributed by atoms with E-state index in [2.05, 4.69) is 23.5 Å². The molecule has 56 valence electrons. The van der Waals surface area contributed by atoms with Gasteiger partial charge in [-0.05, 0) is 6.42 Å². The molecule has 1 rings (SSSR count). The van der Waals surface area contributed by atoms with E-state index < -0.39 is 0 Å². The van der Waals surface area contributed by atoms with Gasteiger partial charge in [0.15, 0.2) is 0 Å². The molecular weight excluding hydrogens is 124 g/mol. The lowest BCUT2D eigenvalue weighted by Gasteiger charge is -1.91. The highest BCUT2D eigenvalue weighted by molar-refractivity contribution is 4.76. The SMILES string of the molecule is CCCCc1[nH]cc[n+]1C.[H+]. The molecule has 0 atom stereocenters. The minimum atomic E-state index is 0. The Bertz CT molecular complexity index is 196. The molecule has 0 aromatic carbocycles. The Morgan fingerprint density at radius 1 is 1.70 bits per heavy atom. The Hall–Kier alpha value is -0.790. The summed E-state index contributed by atoms with van der Waals surface area (Å²) in [4.78, 5) is 3.20. The zero-order valence-electron chi connectivity index (χ0n) is 7.72. The van der Waals surface area contributed by atoms with Gasteiger partial charge in [0.2, 0.25) is 0 Å². The second kappa shape index (κ2) is 3.40. The lowest BCUT2D eigenvalue weighted by molar-refractivity contribution is -0.677. The largest absolute Gasteiger partial charge is 1.00 e. The first-order valence-corrected chi connectivity index (χ1v) is 3.86. The van der Waals surface area contributed by atoms with Crippen LogP contribution in [0.1, 0.15) is 27.0 Å². The number of imidazole rings is 1. The molecule has 0 amide bonds. The minimum absolute atomic E-state index is 0. The van der Waals surface area contributed by atoms with Crippen molar-refractivity contribution in [1.82, 2.24) is 4.98 Å². The van der Waals surface area contributed by atoms with Crippen LogP contribution in [0.4, 0.5) is 0 Å². The first-order valence-electron chi connectivity index (χ1n) is 3.86. The van der Waals surface area contributed by atoms with Crippen LogP contribution in [0.3, 0.4) is 0 Å². The standard InChI is InChI=1S/C8H14N2/c1-3-4-5-8-9-6-7-10(8)2/h6-7H,3-5H2,1-2H3/p+2. The molecule has 0 saturated carbocycles. The maximum atomic E-state index is 3.20. The molecule has 1 N–H and O–H groups in total. The zero-order chi connectivity index (χ0) is 7.40. The highest BCUT2D eigenvalue weighted by Gasteiger charge is 2.03. The molecule has 0 aliphatic rings. The first-order chi connectivity index (χ1) is 4.84. The van der Waals surface area contributed by atoms with E-state index in [4.69, 9.17) is 0 Å². The van der Waals surface area contributed by atoms with Crippen LogP contribution in [-0.2, 0) is 13.5 Å². The smallest absolute Gasteiger partial charge is 0.248 e. The molecule has 0 unspecified atom stereocenters. The lowest BCUT2D eigenvalue weighted by Crippen LogP contribution is -2.30. The molecule has 0 saturated heterocycles. The van der Waals surface area contributed by atoms with E-state index in [9.17, 15) is 0 Å². The number of nitrogens with one attached hydrogen (secondary N) is 1. The van der Waals surface area contributed by atoms with Crippen LogP contribution in [0, 0.1) is 0 Å². The van der Waals surface area contributed by atoms with E-state index in [-0.39, 0.29) is 1.43 Å². The summed E-state index contributed by atoms with van der Waals surface area (Å²) >= 11 is 0. The van der Waals surface area contributed by atoms with E-state index in [1.54, 1.807) is 0 Å². The third-order valence-corrected chi connectivity index (χ3v) is 1.74. The van der Waals surface area contributed by atoms with Crippen LogP contribution in [0.2, 0.25) is 0 Å². The van der Waals surface area contributed by atoms with Gasteiger partial charge in [-0.2, -0.15) is 0 Å². The minimum Gasteiger partial charge on any atom is -0.248 e. The topological polar surface area (TPSA) is 19.7 Å². The van der Waals surface area contributed by atoms with Crippen molar-refractivity contribution in [3.63, 3.8) is 0 Å². The third kappa shape index (κ3) is 1.59. The van der Waals surface area contributed by atoms with Crippen molar-refractivity contribution in [3.8, 4) is 0 Å². The first kappa shape index (κ1) is 7.32. The Kier molecular flexibility index (Phi) is 2.49. The number of aryl methyl sites for hydroxylation is 2. The average molecular weight is 140 g/mol. The molecule has 2 nitrogen and oxygen atoms in total. The quantitative estimate of drug-likeness (QED) is 0.610. The maximum Gasteiger partial charge on any atom is 1.00 e. The number of aromatic amines is 1. The van der Waals surface area contributed by atoms with Crippen molar-refractivity contribution in [2.75, 3.05) is 0 Å². The lowest BCUT2D eigenvalue weighted by atomic mass is 10.2. The second-order valence-electron chi connectivity index (χ2n) is 2.62. The van der Waals surface area contributed by atoms with Crippen molar-refractivity contribution < 1.29 is 5.99 Å². The van der Waals surface area contributed by atoms with Gasteiger partial charge in [-0.15, -0.1) is 0 Å². The fourth-order valence-corrected chi connectivity index (χ4v) is 1.03. The van der Waals surface area contributed by atoms with E-state index in [1.165, 1.54) is 25.1 Å². The molecule has 0 aliphatic carbocycles. The molecule has 10 heavy (non-hydrogen) atoms. The summed E-state index contributed by atoms with van der Waals surface area (Å²) in [6.45, 7) is 2.21. The van der Waals surface area contributed by atoms with Crippen LogP contribution < -0.4 is 4.57 Å². The zero-order valence-corrected chi connectivity index (χ0v) is 6.72. The van der Waals surface area contributed by atoms with Gasteiger partial charge in [-0.25, -0.2) is 9.55 Å². The summed E-state index contributed by atoms with van der Waals surface area (Å²) in [6.07, 6.45) is 7.73. The fourth-order valence-electron chi connectivity index (χ4n) is 1.03. The summed E-state index contributed by atoms with van der Waals surface area (Å²) in [7, 11) is 2.07. The molecule has 0 radical (unpaired) electrons. The van der Waals surface area contributed by atoms with Crippen molar-refractivity contribution in [1.29, 1.82) is 0 Å². The number of hydrogen-bond acceptors (Lipinski definition) is 0.